The zero-order chi connectivity index (χ0) is 20.1. The minimum atomic E-state index is 0.719. The largest absolute Gasteiger partial charge is 0.456 e. The van der Waals surface area contributed by atoms with Crippen molar-refractivity contribution < 1.29 is 4.42 Å². The molecule has 0 saturated heterocycles. The molecular formula is C28H17ClO. The van der Waals surface area contributed by atoms with Gasteiger partial charge in [-0.2, -0.15) is 0 Å². The molecule has 30 heavy (non-hydrogen) atoms. The van der Waals surface area contributed by atoms with Crippen molar-refractivity contribution in [3.05, 3.63) is 108 Å². The Morgan fingerprint density at radius 3 is 1.97 bits per heavy atom. The molecule has 0 aliphatic heterocycles. The van der Waals surface area contributed by atoms with Crippen LogP contribution < -0.4 is 0 Å². The van der Waals surface area contributed by atoms with Crippen molar-refractivity contribution in [2.75, 3.05) is 0 Å². The first-order valence-corrected chi connectivity index (χ1v) is 10.4. The molecule has 1 heterocycles. The summed E-state index contributed by atoms with van der Waals surface area (Å²) in [5.41, 5.74) is 6.46. The first kappa shape index (κ1) is 17.3. The Morgan fingerprint density at radius 2 is 1.20 bits per heavy atom. The standard InChI is InChI=1S/C28H17ClO/c29-25-11-6-12-26-28(25)24-14-13-19(17-27(24)30-26)21-16-15-20(18-7-2-1-3-8-18)22-9-4-5-10-23(21)22/h1-17H. The molecule has 0 atom stereocenters. The molecule has 0 amide bonds. The lowest BCUT2D eigenvalue weighted by molar-refractivity contribution is 0.669. The Labute approximate surface area is 179 Å². The van der Waals surface area contributed by atoms with Crippen LogP contribution in [0.4, 0.5) is 0 Å². The molecule has 0 N–H and O–H groups in total. The van der Waals surface area contributed by atoms with E-state index in [0.717, 1.165) is 32.5 Å². The van der Waals surface area contributed by atoms with Crippen molar-refractivity contribution in [1.29, 1.82) is 0 Å². The predicted octanol–water partition coefficient (Wildman–Crippen LogP) is 8.73. The second kappa shape index (κ2) is 6.76. The van der Waals surface area contributed by atoms with Gasteiger partial charge in [0.1, 0.15) is 11.2 Å². The molecule has 5 aromatic carbocycles. The van der Waals surface area contributed by atoms with E-state index in [1.54, 1.807) is 0 Å². The second-order valence-corrected chi connectivity index (χ2v) is 7.91. The van der Waals surface area contributed by atoms with E-state index in [4.69, 9.17) is 16.0 Å². The summed E-state index contributed by atoms with van der Waals surface area (Å²) >= 11 is 6.43. The van der Waals surface area contributed by atoms with Crippen LogP contribution in [0, 0.1) is 0 Å². The van der Waals surface area contributed by atoms with E-state index in [2.05, 4.69) is 84.9 Å². The normalized spacial score (nSPS) is 11.5. The van der Waals surface area contributed by atoms with Crippen molar-refractivity contribution in [1.82, 2.24) is 0 Å². The molecule has 0 saturated carbocycles. The summed E-state index contributed by atoms with van der Waals surface area (Å²) in [5.74, 6) is 0. The summed E-state index contributed by atoms with van der Waals surface area (Å²) in [6, 6.07) is 35.7. The van der Waals surface area contributed by atoms with Gasteiger partial charge in [-0.05, 0) is 57.3 Å². The Hall–Kier alpha value is -3.55. The van der Waals surface area contributed by atoms with Crippen molar-refractivity contribution in [2.24, 2.45) is 0 Å². The summed E-state index contributed by atoms with van der Waals surface area (Å²) < 4.78 is 6.12. The molecule has 0 bridgehead atoms. The zero-order valence-corrected chi connectivity index (χ0v) is 16.9. The lowest BCUT2D eigenvalue weighted by Gasteiger charge is -2.12. The minimum absolute atomic E-state index is 0.719. The summed E-state index contributed by atoms with van der Waals surface area (Å²) in [6.45, 7) is 0. The summed E-state index contributed by atoms with van der Waals surface area (Å²) in [7, 11) is 0. The molecule has 142 valence electrons. The number of hydrogen-bond donors (Lipinski definition) is 0. The van der Waals surface area contributed by atoms with E-state index in [1.165, 1.54) is 27.5 Å². The fraction of sp³-hybridized carbons (Fsp3) is 0. The molecule has 6 aromatic rings. The molecule has 6 rings (SSSR count). The zero-order valence-electron chi connectivity index (χ0n) is 16.1. The molecule has 0 fully saturated rings. The molecule has 0 unspecified atom stereocenters. The monoisotopic (exact) mass is 404 g/mol. The maximum absolute atomic E-state index is 6.43. The van der Waals surface area contributed by atoms with Gasteiger partial charge in [-0.3, -0.25) is 0 Å². The van der Waals surface area contributed by atoms with Gasteiger partial charge < -0.3 is 4.42 Å². The lowest BCUT2D eigenvalue weighted by atomic mass is 9.92. The van der Waals surface area contributed by atoms with E-state index >= 15 is 0 Å². The van der Waals surface area contributed by atoms with E-state index in [9.17, 15) is 0 Å². The average Bonchev–Trinajstić information content (AvgIpc) is 3.18. The van der Waals surface area contributed by atoms with Crippen molar-refractivity contribution >= 4 is 44.3 Å². The van der Waals surface area contributed by atoms with Crippen molar-refractivity contribution in [3.63, 3.8) is 0 Å². The summed E-state index contributed by atoms with van der Waals surface area (Å²) in [6.07, 6.45) is 0. The van der Waals surface area contributed by atoms with Crippen LogP contribution in [0.25, 0.3) is 55.0 Å². The van der Waals surface area contributed by atoms with Gasteiger partial charge >= 0.3 is 0 Å². The highest BCUT2D eigenvalue weighted by Crippen LogP contribution is 2.39. The van der Waals surface area contributed by atoms with E-state index in [1.807, 2.05) is 18.2 Å². The van der Waals surface area contributed by atoms with Gasteiger partial charge in [0, 0.05) is 10.8 Å². The van der Waals surface area contributed by atoms with Gasteiger partial charge in [0.15, 0.2) is 0 Å². The molecule has 1 nitrogen and oxygen atoms in total. The summed E-state index contributed by atoms with van der Waals surface area (Å²) in [4.78, 5) is 0. The Kier molecular flexibility index (Phi) is 3.90. The smallest absolute Gasteiger partial charge is 0.136 e. The molecule has 2 heteroatoms. The number of hydrogen-bond acceptors (Lipinski definition) is 1. The minimum Gasteiger partial charge on any atom is -0.456 e. The van der Waals surface area contributed by atoms with E-state index < -0.39 is 0 Å². The summed E-state index contributed by atoms with van der Waals surface area (Å²) in [5, 5.41) is 5.22. The second-order valence-electron chi connectivity index (χ2n) is 7.50. The molecule has 1 aromatic heterocycles. The Morgan fingerprint density at radius 1 is 0.500 bits per heavy atom. The van der Waals surface area contributed by atoms with Crippen LogP contribution in [0.15, 0.2) is 108 Å². The maximum Gasteiger partial charge on any atom is 0.136 e. The van der Waals surface area contributed by atoms with Gasteiger partial charge in [0.25, 0.3) is 0 Å². The molecular weight excluding hydrogens is 388 g/mol. The number of furan rings is 1. The highest BCUT2D eigenvalue weighted by atomic mass is 35.5. The quantitative estimate of drug-likeness (QED) is 0.281. The fourth-order valence-electron chi connectivity index (χ4n) is 4.37. The third kappa shape index (κ3) is 2.63. The van der Waals surface area contributed by atoms with E-state index in [-0.39, 0.29) is 0 Å². The van der Waals surface area contributed by atoms with Crippen LogP contribution in [0.2, 0.25) is 5.02 Å². The van der Waals surface area contributed by atoms with Gasteiger partial charge in [0.05, 0.1) is 5.02 Å². The molecule has 0 spiro atoms. The number of halogens is 1. The first-order valence-electron chi connectivity index (χ1n) is 9.98. The van der Waals surface area contributed by atoms with E-state index in [0.29, 0.717) is 0 Å². The van der Waals surface area contributed by atoms with Gasteiger partial charge in [-0.15, -0.1) is 0 Å². The van der Waals surface area contributed by atoms with Crippen LogP contribution in [0.5, 0.6) is 0 Å². The van der Waals surface area contributed by atoms with Crippen LogP contribution in [0.3, 0.4) is 0 Å². The van der Waals surface area contributed by atoms with Gasteiger partial charge in [0.2, 0.25) is 0 Å². The third-order valence-corrected chi connectivity index (χ3v) is 6.08. The SMILES string of the molecule is Clc1cccc2oc3cc(-c4ccc(-c5ccccc5)c5ccccc45)ccc3c12. The highest BCUT2D eigenvalue weighted by Gasteiger charge is 2.13. The average molecular weight is 405 g/mol. The highest BCUT2D eigenvalue weighted by molar-refractivity contribution is 6.37. The Balaban J connectivity index is 1.59. The Bertz CT molecular complexity index is 1540. The maximum atomic E-state index is 6.43. The van der Waals surface area contributed by atoms with Gasteiger partial charge in [-0.1, -0.05) is 90.5 Å². The number of fused-ring (bicyclic) bond motifs is 4. The first-order chi connectivity index (χ1) is 14.8. The number of benzene rings is 5. The third-order valence-electron chi connectivity index (χ3n) is 5.77. The van der Waals surface area contributed by atoms with Crippen molar-refractivity contribution in [3.8, 4) is 22.3 Å². The topological polar surface area (TPSA) is 13.1 Å². The molecule has 0 aliphatic rings. The van der Waals surface area contributed by atoms with Crippen LogP contribution in [-0.4, -0.2) is 0 Å². The lowest BCUT2D eigenvalue weighted by Crippen LogP contribution is -1.86. The van der Waals surface area contributed by atoms with Crippen LogP contribution >= 0.6 is 11.6 Å². The van der Waals surface area contributed by atoms with Crippen LogP contribution in [0.1, 0.15) is 0 Å². The predicted molar refractivity (Wildman–Crippen MR) is 127 cm³/mol. The fourth-order valence-corrected chi connectivity index (χ4v) is 4.64. The van der Waals surface area contributed by atoms with Gasteiger partial charge in [-0.25, -0.2) is 0 Å². The molecule has 0 aliphatic carbocycles. The van der Waals surface area contributed by atoms with Crippen molar-refractivity contribution in [2.45, 2.75) is 0 Å². The van der Waals surface area contributed by atoms with Crippen LogP contribution in [-0.2, 0) is 0 Å². The molecule has 0 radical (unpaired) electrons. The number of rotatable bonds is 2.